The smallest absolute Gasteiger partial charge is 0.243 e. The van der Waals surface area contributed by atoms with E-state index in [-0.39, 0.29) is 37.1 Å². The predicted molar refractivity (Wildman–Crippen MR) is 142 cm³/mol. The summed E-state index contributed by atoms with van der Waals surface area (Å²) in [5.74, 6) is -0.744. The zero-order valence-electron chi connectivity index (χ0n) is 20.6. The summed E-state index contributed by atoms with van der Waals surface area (Å²) in [5.41, 5.74) is 3.48. The third kappa shape index (κ3) is 7.84. The van der Waals surface area contributed by atoms with Gasteiger partial charge in [0.05, 0.1) is 12.2 Å². The maximum Gasteiger partial charge on any atom is 0.243 e. The lowest BCUT2D eigenvalue weighted by Crippen LogP contribution is -2.50. The number of carbonyl (C=O) groups is 2. The van der Waals surface area contributed by atoms with E-state index in [1.54, 1.807) is 23.2 Å². The number of amides is 2. The standard InChI is InChI=1S/C31H30FN3O2/c32-27-17-14-26(15-18-27)23-35(30(36)19-16-24-9-3-1-4-10-24)29(21-25-11-5-2-6-12-25)31(37)34-22-28-13-7-8-20-33-28/h1-15,17-18,20,29H,16,19,21-23H2,(H,34,37)/t29-/m1/s1. The van der Waals surface area contributed by atoms with Crippen LogP contribution in [0.15, 0.2) is 109 Å². The van der Waals surface area contributed by atoms with E-state index in [1.807, 2.05) is 78.9 Å². The van der Waals surface area contributed by atoms with Gasteiger partial charge in [-0.15, -0.1) is 0 Å². The molecule has 4 rings (SSSR count). The highest BCUT2D eigenvalue weighted by molar-refractivity contribution is 5.88. The number of aromatic nitrogens is 1. The van der Waals surface area contributed by atoms with Crippen LogP contribution in [0, 0.1) is 5.82 Å². The Morgan fingerprint density at radius 2 is 1.43 bits per heavy atom. The van der Waals surface area contributed by atoms with Crippen LogP contribution in [-0.4, -0.2) is 27.7 Å². The monoisotopic (exact) mass is 495 g/mol. The lowest BCUT2D eigenvalue weighted by atomic mass is 10.0. The van der Waals surface area contributed by atoms with Crippen molar-refractivity contribution in [1.82, 2.24) is 15.2 Å². The van der Waals surface area contributed by atoms with E-state index in [4.69, 9.17) is 0 Å². The molecule has 2 amide bonds. The fourth-order valence-electron chi connectivity index (χ4n) is 4.18. The molecule has 0 bridgehead atoms. The summed E-state index contributed by atoms with van der Waals surface area (Å²) in [4.78, 5) is 33.2. The summed E-state index contributed by atoms with van der Waals surface area (Å²) >= 11 is 0. The van der Waals surface area contributed by atoms with E-state index >= 15 is 0 Å². The van der Waals surface area contributed by atoms with Gasteiger partial charge in [-0.25, -0.2) is 4.39 Å². The Morgan fingerprint density at radius 3 is 2.08 bits per heavy atom. The summed E-state index contributed by atoms with van der Waals surface area (Å²) in [7, 11) is 0. The lowest BCUT2D eigenvalue weighted by Gasteiger charge is -2.31. The summed E-state index contributed by atoms with van der Waals surface area (Å²) in [6.45, 7) is 0.454. The van der Waals surface area contributed by atoms with Crippen molar-refractivity contribution in [1.29, 1.82) is 0 Å². The molecule has 0 unspecified atom stereocenters. The number of nitrogens with one attached hydrogen (secondary N) is 1. The number of benzene rings is 3. The Morgan fingerprint density at radius 1 is 0.784 bits per heavy atom. The Hall–Kier alpha value is -4.32. The van der Waals surface area contributed by atoms with Gasteiger partial charge in [0.25, 0.3) is 0 Å². The van der Waals surface area contributed by atoms with Crippen molar-refractivity contribution in [2.45, 2.75) is 38.4 Å². The minimum Gasteiger partial charge on any atom is -0.349 e. The first-order chi connectivity index (χ1) is 18.1. The number of hydrogen-bond donors (Lipinski definition) is 1. The van der Waals surface area contributed by atoms with Gasteiger partial charge in [0, 0.05) is 25.6 Å². The van der Waals surface area contributed by atoms with Gasteiger partial charge in [0.1, 0.15) is 11.9 Å². The largest absolute Gasteiger partial charge is 0.349 e. The third-order valence-electron chi connectivity index (χ3n) is 6.18. The Kier molecular flexibility index (Phi) is 9.13. The number of rotatable bonds is 11. The van der Waals surface area contributed by atoms with Gasteiger partial charge in [0.2, 0.25) is 11.8 Å². The number of pyridine rings is 1. The Labute approximate surface area is 217 Å². The molecular weight excluding hydrogens is 465 g/mol. The fraction of sp³-hybridized carbons (Fsp3) is 0.194. The molecule has 37 heavy (non-hydrogen) atoms. The minimum atomic E-state index is -0.751. The van der Waals surface area contributed by atoms with Crippen LogP contribution >= 0.6 is 0 Å². The van der Waals surface area contributed by atoms with Gasteiger partial charge in [-0.05, 0) is 47.4 Å². The molecule has 188 valence electrons. The van der Waals surface area contributed by atoms with Crippen molar-refractivity contribution < 1.29 is 14.0 Å². The number of carbonyl (C=O) groups excluding carboxylic acids is 2. The van der Waals surface area contributed by atoms with Crippen LogP contribution in [0.25, 0.3) is 0 Å². The molecular formula is C31H30FN3O2. The number of halogens is 1. The average Bonchev–Trinajstić information content (AvgIpc) is 2.95. The molecule has 1 heterocycles. The van der Waals surface area contributed by atoms with Crippen LogP contribution in [0.1, 0.15) is 28.8 Å². The van der Waals surface area contributed by atoms with E-state index in [2.05, 4.69) is 10.3 Å². The Balaban J connectivity index is 1.60. The first-order valence-electron chi connectivity index (χ1n) is 12.4. The van der Waals surface area contributed by atoms with Gasteiger partial charge >= 0.3 is 0 Å². The van der Waals surface area contributed by atoms with Crippen molar-refractivity contribution in [3.63, 3.8) is 0 Å². The SMILES string of the molecule is O=C(NCc1ccccn1)[C@@H](Cc1ccccc1)N(Cc1ccc(F)cc1)C(=O)CCc1ccccc1. The highest BCUT2D eigenvalue weighted by atomic mass is 19.1. The van der Waals surface area contributed by atoms with E-state index in [1.165, 1.54) is 12.1 Å². The second-order valence-electron chi connectivity index (χ2n) is 8.88. The summed E-state index contributed by atoms with van der Waals surface area (Å²) in [6.07, 6.45) is 2.85. The van der Waals surface area contributed by atoms with Crippen LogP contribution in [-0.2, 0) is 35.5 Å². The van der Waals surface area contributed by atoms with Crippen LogP contribution in [0.4, 0.5) is 4.39 Å². The highest BCUT2D eigenvalue weighted by Gasteiger charge is 2.30. The third-order valence-corrected chi connectivity index (χ3v) is 6.18. The summed E-state index contributed by atoms with van der Waals surface area (Å²) in [6, 6.07) is 30.3. The molecule has 0 aliphatic heterocycles. The molecule has 5 nitrogen and oxygen atoms in total. The van der Waals surface area contributed by atoms with E-state index in [9.17, 15) is 14.0 Å². The second kappa shape index (κ2) is 13.1. The number of nitrogens with zero attached hydrogens (tertiary/aromatic N) is 2. The first-order valence-corrected chi connectivity index (χ1v) is 12.4. The average molecular weight is 496 g/mol. The van der Waals surface area contributed by atoms with Crippen molar-refractivity contribution in [2.24, 2.45) is 0 Å². The molecule has 0 fully saturated rings. The zero-order valence-corrected chi connectivity index (χ0v) is 20.6. The van der Waals surface area contributed by atoms with Gasteiger partial charge in [-0.3, -0.25) is 14.6 Å². The first kappa shape index (κ1) is 25.8. The van der Waals surface area contributed by atoms with Crippen molar-refractivity contribution >= 4 is 11.8 Å². The molecule has 0 radical (unpaired) electrons. The minimum absolute atomic E-state index is 0.137. The van der Waals surface area contributed by atoms with Gasteiger partial charge < -0.3 is 10.2 Å². The molecule has 1 N–H and O–H groups in total. The van der Waals surface area contributed by atoms with Gasteiger partial charge in [0.15, 0.2) is 0 Å². The van der Waals surface area contributed by atoms with Crippen LogP contribution < -0.4 is 5.32 Å². The predicted octanol–water partition coefficient (Wildman–Crippen LogP) is 5.11. The molecule has 6 heteroatoms. The Bertz CT molecular complexity index is 1270. The lowest BCUT2D eigenvalue weighted by molar-refractivity contribution is -0.141. The van der Waals surface area contributed by atoms with E-state index < -0.39 is 6.04 Å². The summed E-state index contributed by atoms with van der Waals surface area (Å²) in [5, 5.41) is 2.97. The molecule has 0 aliphatic rings. The van der Waals surface area contributed by atoms with E-state index in [0.717, 1.165) is 22.4 Å². The highest BCUT2D eigenvalue weighted by Crippen LogP contribution is 2.17. The van der Waals surface area contributed by atoms with Gasteiger partial charge in [-0.1, -0.05) is 78.9 Å². The zero-order chi connectivity index (χ0) is 25.9. The summed E-state index contributed by atoms with van der Waals surface area (Å²) < 4.78 is 13.6. The van der Waals surface area contributed by atoms with Gasteiger partial charge in [-0.2, -0.15) is 0 Å². The molecule has 0 spiro atoms. The van der Waals surface area contributed by atoms with Crippen molar-refractivity contribution in [3.8, 4) is 0 Å². The quantitative estimate of drug-likeness (QED) is 0.315. The normalized spacial score (nSPS) is 11.5. The molecule has 0 saturated carbocycles. The maximum absolute atomic E-state index is 13.7. The second-order valence-corrected chi connectivity index (χ2v) is 8.88. The fourth-order valence-corrected chi connectivity index (χ4v) is 4.18. The van der Waals surface area contributed by atoms with E-state index in [0.29, 0.717) is 12.8 Å². The van der Waals surface area contributed by atoms with Crippen molar-refractivity contribution in [2.75, 3.05) is 0 Å². The van der Waals surface area contributed by atoms with Crippen molar-refractivity contribution in [3.05, 3.63) is 138 Å². The maximum atomic E-state index is 13.7. The van der Waals surface area contributed by atoms with Crippen LogP contribution in [0.2, 0.25) is 0 Å². The molecule has 1 aromatic heterocycles. The number of aryl methyl sites for hydroxylation is 1. The van der Waals surface area contributed by atoms with Crippen LogP contribution in [0.5, 0.6) is 0 Å². The molecule has 0 aliphatic carbocycles. The topological polar surface area (TPSA) is 62.3 Å². The molecule has 1 atom stereocenters. The molecule has 4 aromatic rings. The number of hydrogen-bond acceptors (Lipinski definition) is 3. The van der Waals surface area contributed by atoms with Crippen LogP contribution in [0.3, 0.4) is 0 Å². The molecule has 3 aromatic carbocycles. The molecule has 0 saturated heterocycles.